The highest BCUT2D eigenvalue weighted by molar-refractivity contribution is 8.27. The number of thioether (sulfide) groups is 2. The van der Waals surface area contributed by atoms with Crippen LogP contribution in [0, 0.1) is 10.1 Å². The van der Waals surface area contributed by atoms with Crippen LogP contribution in [0.15, 0.2) is 46.2 Å². The maximum atomic E-state index is 13.0. The maximum Gasteiger partial charge on any atom is 0.283 e. The van der Waals surface area contributed by atoms with Gasteiger partial charge in [-0.1, -0.05) is 30.0 Å². The molecule has 0 bridgehead atoms. The number of aliphatic hydroxyl groups excluding tert-OH is 1. The number of rotatable bonds is 6. The predicted molar refractivity (Wildman–Crippen MR) is 119 cm³/mol. The molecule has 0 aromatic heterocycles. The van der Waals surface area contributed by atoms with Crippen molar-refractivity contribution in [2.24, 2.45) is 0 Å². The summed E-state index contributed by atoms with van der Waals surface area (Å²) < 4.78 is 11.0. The van der Waals surface area contributed by atoms with Crippen molar-refractivity contribution < 1.29 is 24.3 Å². The smallest absolute Gasteiger partial charge is 0.283 e. The lowest BCUT2D eigenvalue weighted by Gasteiger charge is -2.14. The van der Waals surface area contributed by atoms with Gasteiger partial charge in [0.15, 0.2) is 15.8 Å². The highest BCUT2D eigenvalue weighted by atomic mass is 32.2. The number of hydrogen-bond donors (Lipinski definition) is 1. The first-order valence-electron chi connectivity index (χ1n) is 8.67. The van der Waals surface area contributed by atoms with E-state index in [4.69, 9.17) is 26.8 Å². The van der Waals surface area contributed by atoms with E-state index in [1.54, 1.807) is 36.4 Å². The molecule has 0 aliphatic carbocycles. The number of carbonyl (C=O) groups is 1. The number of aliphatic hydroxyl groups is 1. The van der Waals surface area contributed by atoms with Gasteiger partial charge in [0, 0.05) is 17.9 Å². The molecule has 0 saturated carbocycles. The molecule has 2 aliphatic heterocycles. The molecule has 4 rings (SSSR count). The Morgan fingerprint density at radius 1 is 1.27 bits per heavy atom. The Hall–Kier alpha value is -2.60. The van der Waals surface area contributed by atoms with Crippen molar-refractivity contribution in [3.8, 4) is 11.5 Å². The van der Waals surface area contributed by atoms with Crippen molar-refractivity contribution >= 4 is 63.4 Å². The molecule has 0 atom stereocenters. The number of anilines is 1. The second-order valence-electron chi connectivity index (χ2n) is 6.11. The molecule has 11 heteroatoms. The summed E-state index contributed by atoms with van der Waals surface area (Å²) in [4.78, 5) is 26.1. The van der Waals surface area contributed by atoms with E-state index < -0.39 is 4.92 Å². The predicted octanol–water partition coefficient (Wildman–Crippen LogP) is 3.81. The van der Waals surface area contributed by atoms with Crippen LogP contribution in [0.1, 0.15) is 5.56 Å². The Morgan fingerprint density at radius 3 is 2.83 bits per heavy atom. The molecule has 1 fully saturated rings. The number of thiocarbonyl (C=S) groups is 1. The van der Waals surface area contributed by atoms with Gasteiger partial charge in [0.25, 0.3) is 11.6 Å². The van der Waals surface area contributed by atoms with Gasteiger partial charge >= 0.3 is 0 Å². The lowest BCUT2D eigenvalue weighted by molar-refractivity contribution is -0.387. The zero-order chi connectivity index (χ0) is 21.3. The van der Waals surface area contributed by atoms with E-state index in [1.165, 1.54) is 22.7 Å². The van der Waals surface area contributed by atoms with Crippen molar-refractivity contribution in [3.05, 3.63) is 57.0 Å². The Bertz CT molecular complexity index is 1090. The second kappa shape index (κ2) is 8.64. The SMILES string of the molecule is O=C1/C(=C/c2ccc(SCCO)c([N+](=O)[O-])c2)SC(=S)N1c1ccc2c(c1)OCO2. The summed E-state index contributed by atoms with van der Waals surface area (Å²) in [5, 5.41) is 20.4. The van der Waals surface area contributed by atoms with E-state index in [0.717, 1.165) is 11.8 Å². The molecule has 2 aliphatic rings. The molecule has 2 aromatic carbocycles. The summed E-state index contributed by atoms with van der Waals surface area (Å²) in [5.74, 6) is 1.18. The first-order chi connectivity index (χ1) is 14.5. The topological polar surface area (TPSA) is 102 Å². The fourth-order valence-electron chi connectivity index (χ4n) is 2.91. The van der Waals surface area contributed by atoms with E-state index in [1.807, 2.05) is 0 Å². The molecular weight excluding hydrogens is 448 g/mol. The fraction of sp³-hybridized carbons (Fsp3) is 0.158. The minimum atomic E-state index is -0.477. The Labute approximate surface area is 185 Å². The average Bonchev–Trinajstić information content (AvgIpc) is 3.30. The zero-order valence-electron chi connectivity index (χ0n) is 15.3. The van der Waals surface area contributed by atoms with E-state index in [9.17, 15) is 14.9 Å². The summed E-state index contributed by atoms with van der Waals surface area (Å²) in [6, 6.07) is 9.84. The third-order valence-corrected chi connectivity index (χ3v) is 6.58. The highest BCUT2D eigenvalue weighted by Crippen LogP contribution is 2.41. The minimum Gasteiger partial charge on any atom is -0.454 e. The van der Waals surface area contributed by atoms with Crippen molar-refractivity contribution in [2.75, 3.05) is 24.1 Å². The van der Waals surface area contributed by atoms with Gasteiger partial charge in [-0.25, -0.2) is 0 Å². The quantitative estimate of drug-likeness (QED) is 0.226. The molecule has 8 nitrogen and oxygen atoms in total. The van der Waals surface area contributed by atoms with E-state index in [2.05, 4.69) is 0 Å². The largest absolute Gasteiger partial charge is 0.454 e. The number of ether oxygens (including phenoxy) is 2. The monoisotopic (exact) mass is 462 g/mol. The summed E-state index contributed by atoms with van der Waals surface area (Å²) in [5.41, 5.74) is 1.00. The van der Waals surface area contributed by atoms with Gasteiger partial charge < -0.3 is 14.6 Å². The van der Waals surface area contributed by atoms with Crippen LogP contribution in [0.2, 0.25) is 0 Å². The first kappa shape index (κ1) is 20.7. The number of nitro benzene ring substituents is 1. The van der Waals surface area contributed by atoms with Gasteiger partial charge in [0.1, 0.15) is 0 Å². The molecule has 1 amide bonds. The van der Waals surface area contributed by atoms with Crippen molar-refractivity contribution in [1.29, 1.82) is 0 Å². The van der Waals surface area contributed by atoms with Gasteiger partial charge in [-0.3, -0.25) is 19.8 Å². The average molecular weight is 463 g/mol. The Balaban J connectivity index is 1.62. The van der Waals surface area contributed by atoms with Crippen LogP contribution < -0.4 is 14.4 Å². The molecule has 1 N–H and O–H groups in total. The number of fused-ring (bicyclic) bond motifs is 1. The molecule has 0 spiro atoms. The molecule has 0 unspecified atom stereocenters. The molecule has 154 valence electrons. The molecule has 2 heterocycles. The summed E-state index contributed by atoms with van der Waals surface area (Å²) in [6.45, 7) is 0.0500. The van der Waals surface area contributed by atoms with Crippen LogP contribution in [0.5, 0.6) is 11.5 Å². The number of hydrogen-bond acceptors (Lipinski definition) is 9. The number of nitrogens with zero attached hydrogens (tertiary/aromatic N) is 2. The summed E-state index contributed by atoms with van der Waals surface area (Å²) >= 11 is 7.70. The minimum absolute atomic E-state index is 0.0755. The molecule has 0 radical (unpaired) electrons. The van der Waals surface area contributed by atoms with Gasteiger partial charge in [-0.15, -0.1) is 11.8 Å². The van der Waals surface area contributed by atoms with Crippen molar-refractivity contribution in [3.63, 3.8) is 0 Å². The van der Waals surface area contributed by atoms with Gasteiger partial charge in [0.05, 0.1) is 27.0 Å². The number of amides is 1. The summed E-state index contributed by atoms with van der Waals surface area (Å²) in [7, 11) is 0. The molecular formula is C19H14N2O6S3. The van der Waals surface area contributed by atoms with Gasteiger partial charge in [-0.05, 0) is 29.8 Å². The van der Waals surface area contributed by atoms with Crippen LogP contribution in [-0.2, 0) is 4.79 Å². The Kier molecular flexibility index (Phi) is 5.95. The van der Waals surface area contributed by atoms with Crippen molar-refractivity contribution in [2.45, 2.75) is 4.90 Å². The Morgan fingerprint density at radius 2 is 2.07 bits per heavy atom. The van der Waals surface area contributed by atoms with Crippen LogP contribution in [-0.4, -0.2) is 39.4 Å². The molecule has 2 aromatic rings. The van der Waals surface area contributed by atoms with Crippen LogP contribution >= 0.6 is 35.7 Å². The standard InChI is InChI=1S/C19H14N2O6S3/c22-5-6-29-16-4-1-11(7-13(16)21(24)25)8-17-18(23)20(19(28)30-17)12-2-3-14-15(9-12)27-10-26-14/h1-4,7-9,22H,5-6,10H2/b17-8-. The molecule has 1 saturated heterocycles. The number of carbonyl (C=O) groups excluding carboxylic acids is 1. The second-order valence-corrected chi connectivity index (χ2v) is 8.92. The van der Waals surface area contributed by atoms with Crippen molar-refractivity contribution in [1.82, 2.24) is 0 Å². The maximum absolute atomic E-state index is 13.0. The van der Waals surface area contributed by atoms with E-state index in [-0.39, 0.29) is 25.0 Å². The summed E-state index contributed by atoms with van der Waals surface area (Å²) in [6.07, 6.45) is 1.58. The van der Waals surface area contributed by atoms with E-state index >= 15 is 0 Å². The van der Waals surface area contributed by atoms with Gasteiger partial charge in [-0.2, -0.15) is 0 Å². The number of benzene rings is 2. The third-order valence-electron chi connectivity index (χ3n) is 4.23. The molecule has 30 heavy (non-hydrogen) atoms. The zero-order valence-corrected chi connectivity index (χ0v) is 17.7. The van der Waals surface area contributed by atoms with Crippen LogP contribution in [0.3, 0.4) is 0 Å². The first-order valence-corrected chi connectivity index (χ1v) is 10.9. The normalized spacial score (nSPS) is 16.6. The lowest BCUT2D eigenvalue weighted by atomic mass is 10.2. The highest BCUT2D eigenvalue weighted by Gasteiger charge is 2.34. The third kappa shape index (κ3) is 4.01. The van der Waals surface area contributed by atoms with Crippen LogP contribution in [0.25, 0.3) is 6.08 Å². The van der Waals surface area contributed by atoms with Crippen LogP contribution in [0.4, 0.5) is 11.4 Å². The number of nitro groups is 1. The van der Waals surface area contributed by atoms with Gasteiger partial charge in [0.2, 0.25) is 6.79 Å². The fourth-order valence-corrected chi connectivity index (χ4v) is 4.97. The lowest BCUT2D eigenvalue weighted by Crippen LogP contribution is -2.27. The van der Waals surface area contributed by atoms with E-state index in [0.29, 0.717) is 42.6 Å².